The molecule has 0 radical (unpaired) electrons. The molecule has 1 atom stereocenters. The molecule has 0 saturated heterocycles. The number of halogens is 1. The number of rotatable bonds is 3. The topological polar surface area (TPSA) is 34.1 Å². The van der Waals surface area contributed by atoms with E-state index in [4.69, 9.17) is 10.7 Å². The SMILES string of the molecule is CC(CS(=O)(=O)Cl)C1CCCC1. The Morgan fingerprint density at radius 2 is 1.92 bits per heavy atom. The predicted molar refractivity (Wildman–Crippen MR) is 50.8 cm³/mol. The van der Waals surface area contributed by atoms with Gasteiger partial charge in [-0.2, -0.15) is 0 Å². The lowest BCUT2D eigenvalue weighted by Gasteiger charge is -2.16. The Bertz CT molecular complexity index is 229. The summed E-state index contributed by atoms with van der Waals surface area (Å²) in [4.78, 5) is 0. The second-order valence-electron chi connectivity index (χ2n) is 3.73. The van der Waals surface area contributed by atoms with Crippen LogP contribution in [0.25, 0.3) is 0 Å². The Balaban J connectivity index is 2.42. The van der Waals surface area contributed by atoms with Crippen LogP contribution in [0.15, 0.2) is 0 Å². The average Bonchev–Trinajstić information content (AvgIpc) is 2.32. The molecule has 1 saturated carbocycles. The molecule has 12 heavy (non-hydrogen) atoms. The van der Waals surface area contributed by atoms with Crippen molar-refractivity contribution in [2.75, 3.05) is 5.75 Å². The quantitative estimate of drug-likeness (QED) is 0.671. The fourth-order valence-corrected chi connectivity index (χ4v) is 3.47. The summed E-state index contributed by atoms with van der Waals surface area (Å²) < 4.78 is 21.5. The molecule has 1 aliphatic carbocycles. The third-order valence-corrected chi connectivity index (χ3v) is 3.97. The van der Waals surface area contributed by atoms with Gasteiger partial charge in [0.2, 0.25) is 9.05 Å². The van der Waals surface area contributed by atoms with E-state index in [9.17, 15) is 8.42 Å². The Morgan fingerprint density at radius 1 is 1.42 bits per heavy atom. The molecule has 1 rings (SSSR count). The van der Waals surface area contributed by atoms with E-state index in [-0.39, 0.29) is 11.7 Å². The second-order valence-corrected chi connectivity index (χ2v) is 6.55. The van der Waals surface area contributed by atoms with Gasteiger partial charge in [0, 0.05) is 10.7 Å². The van der Waals surface area contributed by atoms with Crippen LogP contribution < -0.4 is 0 Å². The van der Waals surface area contributed by atoms with Crippen LogP contribution >= 0.6 is 10.7 Å². The highest BCUT2D eigenvalue weighted by atomic mass is 35.7. The van der Waals surface area contributed by atoms with Gasteiger partial charge in [-0.15, -0.1) is 0 Å². The summed E-state index contributed by atoms with van der Waals surface area (Å²) in [6.45, 7) is 1.98. The van der Waals surface area contributed by atoms with Gasteiger partial charge < -0.3 is 0 Å². The van der Waals surface area contributed by atoms with Crippen molar-refractivity contribution >= 4 is 19.7 Å². The van der Waals surface area contributed by atoms with Crippen molar-refractivity contribution < 1.29 is 8.42 Å². The zero-order valence-electron chi connectivity index (χ0n) is 7.29. The largest absolute Gasteiger partial charge is 0.232 e. The van der Waals surface area contributed by atoms with Gasteiger partial charge in [-0.1, -0.05) is 32.6 Å². The molecular weight excluding hydrogens is 196 g/mol. The summed E-state index contributed by atoms with van der Waals surface area (Å²) in [5.41, 5.74) is 0. The summed E-state index contributed by atoms with van der Waals surface area (Å²) in [5.74, 6) is 0.952. The lowest BCUT2D eigenvalue weighted by atomic mass is 9.94. The maximum atomic E-state index is 10.8. The lowest BCUT2D eigenvalue weighted by Crippen LogP contribution is -2.16. The molecule has 1 aliphatic rings. The van der Waals surface area contributed by atoms with Crippen LogP contribution in [-0.4, -0.2) is 14.2 Å². The van der Waals surface area contributed by atoms with E-state index in [1.54, 1.807) is 0 Å². The molecule has 1 fully saturated rings. The first-order valence-corrected chi connectivity index (χ1v) is 6.89. The van der Waals surface area contributed by atoms with E-state index in [1.165, 1.54) is 25.7 Å². The minimum atomic E-state index is -3.29. The summed E-state index contributed by atoms with van der Waals surface area (Å²) >= 11 is 0. The van der Waals surface area contributed by atoms with Gasteiger partial charge in [0.15, 0.2) is 0 Å². The Labute approximate surface area is 78.7 Å². The van der Waals surface area contributed by atoms with Gasteiger partial charge >= 0.3 is 0 Å². The van der Waals surface area contributed by atoms with E-state index < -0.39 is 9.05 Å². The normalized spacial score (nSPS) is 22.8. The Morgan fingerprint density at radius 3 is 2.33 bits per heavy atom. The third kappa shape index (κ3) is 3.31. The predicted octanol–water partition coefficient (Wildman–Crippen LogP) is 2.38. The van der Waals surface area contributed by atoms with Gasteiger partial charge in [-0.05, 0) is 11.8 Å². The summed E-state index contributed by atoms with van der Waals surface area (Å²) in [7, 11) is 1.89. The summed E-state index contributed by atoms with van der Waals surface area (Å²) in [6.07, 6.45) is 4.84. The molecular formula is C8H15ClO2S. The molecule has 0 aliphatic heterocycles. The average molecular weight is 211 g/mol. The molecule has 0 N–H and O–H groups in total. The molecule has 72 valence electrons. The molecule has 0 heterocycles. The Kier molecular flexibility index (Phi) is 3.41. The van der Waals surface area contributed by atoms with Crippen LogP contribution in [0.3, 0.4) is 0 Å². The standard InChI is InChI=1S/C8H15ClO2S/c1-7(6-12(9,10)11)8-4-2-3-5-8/h7-8H,2-6H2,1H3. The molecule has 4 heteroatoms. The molecule has 0 amide bonds. The van der Waals surface area contributed by atoms with E-state index >= 15 is 0 Å². The van der Waals surface area contributed by atoms with Crippen LogP contribution in [0.2, 0.25) is 0 Å². The Hall–Kier alpha value is 0.240. The lowest BCUT2D eigenvalue weighted by molar-refractivity contribution is 0.397. The fraction of sp³-hybridized carbons (Fsp3) is 1.00. The van der Waals surface area contributed by atoms with Crippen molar-refractivity contribution in [3.8, 4) is 0 Å². The van der Waals surface area contributed by atoms with E-state index in [2.05, 4.69) is 0 Å². The number of hydrogen-bond acceptors (Lipinski definition) is 2. The maximum Gasteiger partial charge on any atom is 0.232 e. The van der Waals surface area contributed by atoms with Gasteiger partial charge in [-0.3, -0.25) is 0 Å². The zero-order chi connectivity index (χ0) is 9.19. The summed E-state index contributed by atoms with van der Waals surface area (Å²) in [6, 6.07) is 0. The molecule has 0 aromatic rings. The van der Waals surface area contributed by atoms with Gasteiger partial charge in [0.05, 0.1) is 5.75 Å². The highest BCUT2D eigenvalue weighted by Crippen LogP contribution is 2.32. The van der Waals surface area contributed by atoms with Crippen molar-refractivity contribution in [2.45, 2.75) is 32.6 Å². The van der Waals surface area contributed by atoms with Crippen molar-refractivity contribution in [1.29, 1.82) is 0 Å². The monoisotopic (exact) mass is 210 g/mol. The zero-order valence-corrected chi connectivity index (χ0v) is 8.87. The van der Waals surface area contributed by atoms with E-state index in [0.29, 0.717) is 5.92 Å². The van der Waals surface area contributed by atoms with Crippen LogP contribution in [0.5, 0.6) is 0 Å². The smallest absolute Gasteiger partial charge is 0.212 e. The highest BCUT2D eigenvalue weighted by Gasteiger charge is 2.24. The van der Waals surface area contributed by atoms with E-state index in [1.807, 2.05) is 6.92 Å². The van der Waals surface area contributed by atoms with Crippen LogP contribution in [0, 0.1) is 11.8 Å². The van der Waals surface area contributed by atoms with Crippen LogP contribution in [-0.2, 0) is 9.05 Å². The highest BCUT2D eigenvalue weighted by molar-refractivity contribution is 8.13. The molecule has 2 nitrogen and oxygen atoms in total. The first kappa shape index (κ1) is 10.3. The third-order valence-electron chi connectivity index (χ3n) is 2.67. The summed E-state index contributed by atoms with van der Waals surface area (Å²) in [5, 5.41) is 0. The molecule has 0 aromatic carbocycles. The molecule has 0 spiro atoms. The van der Waals surface area contributed by atoms with Crippen molar-refractivity contribution in [2.24, 2.45) is 11.8 Å². The number of hydrogen-bond donors (Lipinski definition) is 0. The van der Waals surface area contributed by atoms with E-state index in [0.717, 1.165) is 0 Å². The van der Waals surface area contributed by atoms with Gasteiger partial charge in [-0.25, -0.2) is 8.42 Å². The van der Waals surface area contributed by atoms with Crippen molar-refractivity contribution in [3.05, 3.63) is 0 Å². The van der Waals surface area contributed by atoms with Crippen LogP contribution in [0.1, 0.15) is 32.6 Å². The van der Waals surface area contributed by atoms with Crippen molar-refractivity contribution in [3.63, 3.8) is 0 Å². The van der Waals surface area contributed by atoms with Gasteiger partial charge in [0.1, 0.15) is 0 Å². The first-order valence-electron chi connectivity index (χ1n) is 4.41. The van der Waals surface area contributed by atoms with Crippen molar-refractivity contribution in [1.82, 2.24) is 0 Å². The molecule has 1 unspecified atom stereocenters. The minimum Gasteiger partial charge on any atom is -0.212 e. The minimum absolute atomic E-state index is 0.138. The first-order chi connectivity index (χ1) is 5.49. The van der Waals surface area contributed by atoms with Gasteiger partial charge in [0.25, 0.3) is 0 Å². The molecule has 0 aromatic heterocycles. The van der Waals surface area contributed by atoms with Crippen LogP contribution in [0.4, 0.5) is 0 Å². The fourth-order valence-electron chi connectivity index (χ4n) is 1.98. The maximum absolute atomic E-state index is 10.8. The second kappa shape index (κ2) is 3.97. The molecule has 0 bridgehead atoms.